The van der Waals surface area contributed by atoms with E-state index in [1.54, 1.807) is 36.4 Å². The summed E-state index contributed by atoms with van der Waals surface area (Å²) in [6.45, 7) is 0.219. The lowest BCUT2D eigenvalue weighted by Crippen LogP contribution is -2.23. The van der Waals surface area contributed by atoms with E-state index in [2.05, 4.69) is 46.9 Å². The molecule has 2 N–H and O–H groups in total. The molecule has 0 spiro atoms. The zero-order valence-electron chi connectivity index (χ0n) is 14.5. The zero-order valence-corrected chi connectivity index (χ0v) is 16.0. The number of tetrazole rings is 1. The van der Waals surface area contributed by atoms with Crippen LogP contribution in [0.15, 0.2) is 58.1 Å². The lowest BCUT2D eigenvalue weighted by molar-refractivity contribution is -0.116. The maximum absolute atomic E-state index is 12.5. The van der Waals surface area contributed by atoms with Crippen LogP contribution >= 0.6 is 15.9 Å². The van der Waals surface area contributed by atoms with E-state index in [9.17, 15) is 9.59 Å². The van der Waals surface area contributed by atoms with Crippen molar-refractivity contribution in [3.05, 3.63) is 63.6 Å². The van der Waals surface area contributed by atoms with Crippen molar-refractivity contribution in [1.29, 1.82) is 0 Å². The number of nitrogens with zero attached hydrogens (tertiary/aromatic N) is 5. The van der Waals surface area contributed by atoms with Crippen molar-refractivity contribution in [2.75, 3.05) is 5.32 Å². The Kier molecular flexibility index (Phi) is 4.94. The molecule has 0 radical (unpaired) electrons. The molecule has 0 unspecified atom stereocenters. The number of carbonyl (C=O) groups excluding carboxylic acids is 1. The van der Waals surface area contributed by atoms with Crippen molar-refractivity contribution in [2.45, 2.75) is 13.0 Å². The van der Waals surface area contributed by atoms with Crippen LogP contribution in [0.3, 0.4) is 0 Å². The first kappa shape index (κ1) is 18.0. The van der Waals surface area contributed by atoms with Gasteiger partial charge in [-0.2, -0.15) is 5.21 Å². The first-order chi connectivity index (χ1) is 13.6. The number of carbonyl (C=O) groups is 1. The number of aryl methyl sites for hydroxylation is 1. The second-order valence-electron chi connectivity index (χ2n) is 5.98. The molecule has 1 amide bonds. The summed E-state index contributed by atoms with van der Waals surface area (Å²) in [5, 5.41) is 17.2. The Morgan fingerprint density at radius 3 is 2.89 bits per heavy atom. The summed E-state index contributed by atoms with van der Waals surface area (Å²) in [6, 6.07) is 12.5. The number of anilines is 1. The van der Waals surface area contributed by atoms with E-state index < -0.39 is 0 Å². The van der Waals surface area contributed by atoms with Crippen molar-refractivity contribution in [2.24, 2.45) is 0 Å². The van der Waals surface area contributed by atoms with Crippen LogP contribution in [0.1, 0.15) is 6.42 Å². The van der Waals surface area contributed by atoms with Gasteiger partial charge in [0, 0.05) is 23.0 Å². The molecule has 0 aliphatic rings. The Labute approximate surface area is 166 Å². The van der Waals surface area contributed by atoms with Crippen LogP contribution < -0.4 is 10.9 Å². The molecule has 10 heteroatoms. The van der Waals surface area contributed by atoms with Crippen LogP contribution in [0.25, 0.3) is 22.3 Å². The summed E-state index contributed by atoms with van der Waals surface area (Å²) < 4.78 is 2.25. The third-order valence-electron chi connectivity index (χ3n) is 4.15. The number of H-pyrrole nitrogens is 1. The van der Waals surface area contributed by atoms with Gasteiger partial charge in [0.05, 0.1) is 22.9 Å². The van der Waals surface area contributed by atoms with Gasteiger partial charge in [0.15, 0.2) is 0 Å². The SMILES string of the molecule is O=C(CCn1cnc2ccccc2c1=O)Nc1ccc(Br)cc1-c1nn[nH]n1. The van der Waals surface area contributed by atoms with E-state index in [1.165, 1.54) is 10.9 Å². The molecule has 4 aromatic rings. The van der Waals surface area contributed by atoms with Crippen LogP contribution in [-0.2, 0) is 11.3 Å². The molecule has 0 atom stereocenters. The minimum absolute atomic E-state index is 0.113. The molecule has 140 valence electrons. The number of rotatable bonds is 5. The number of benzene rings is 2. The fraction of sp³-hybridized carbons (Fsp3) is 0.111. The smallest absolute Gasteiger partial charge is 0.261 e. The molecule has 28 heavy (non-hydrogen) atoms. The van der Waals surface area contributed by atoms with Crippen LogP contribution in [0.2, 0.25) is 0 Å². The summed E-state index contributed by atoms with van der Waals surface area (Å²) in [7, 11) is 0. The Hall–Kier alpha value is -3.40. The Morgan fingerprint density at radius 2 is 2.07 bits per heavy atom. The van der Waals surface area contributed by atoms with E-state index in [1.807, 2.05) is 6.07 Å². The third-order valence-corrected chi connectivity index (χ3v) is 4.65. The monoisotopic (exact) mass is 439 g/mol. The van der Waals surface area contributed by atoms with Gasteiger partial charge in [-0.1, -0.05) is 28.1 Å². The van der Waals surface area contributed by atoms with Gasteiger partial charge in [-0.3, -0.25) is 14.2 Å². The van der Waals surface area contributed by atoms with Crippen molar-refractivity contribution in [3.8, 4) is 11.4 Å². The fourth-order valence-electron chi connectivity index (χ4n) is 2.79. The average Bonchev–Trinajstić information content (AvgIpc) is 3.24. The van der Waals surface area contributed by atoms with Gasteiger partial charge in [0.25, 0.3) is 5.56 Å². The third kappa shape index (κ3) is 3.67. The number of aromatic nitrogens is 6. The summed E-state index contributed by atoms with van der Waals surface area (Å²) in [6.07, 6.45) is 1.57. The maximum atomic E-state index is 12.5. The Morgan fingerprint density at radius 1 is 1.21 bits per heavy atom. The van der Waals surface area contributed by atoms with E-state index in [4.69, 9.17) is 0 Å². The highest BCUT2D eigenvalue weighted by Gasteiger charge is 2.13. The number of hydrogen-bond donors (Lipinski definition) is 2. The van der Waals surface area contributed by atoms with Gasteiger partial charge in [-0.05, 0) is 35.5 Å². The molecule has 0 fully saturated rings. The first-order valence-corrected chi connectivity index (χ1v) is 9.18. The minimum atomic E-state index is -0.243. The standard InChI is InChI=1S/C18H14BrN7O2/c19-11-5-6-15(13(9-11)17-22-24-25-23-17)21-16(27)7-8-26-10-20-14-4-2-1-3-12(14)18(26)28/h1-6,9-10H,7-8H2,(H,21,27)(H,22,23,24,25). The van der Waals surface area contributed by atoms with Crippen molar-refractivity contribution >= 4 is 38.4 Å². The van der Waals surface area contributed by atoms with Gasteiger partial charge < -0.3 is 5.32 Å². The van der Waals surface area contributed by atoms with Crippen LogP contribution in [0, 0.1) is 0 Å². The quantitative estimate of drug-likeness (QED) is 0.492. The van der Waals surface area contributed by atoms with Crippen molar-refractivity contribution in [1.82, 2.24) is 30.2 Å². The van der Waals surface area contributed by atoms with Crippen molar-refractivity contribution in [3.63, 3.8) is 0 Å². The molecule has 2 aromatic carbocycles. The largest absolute Gasteiger partial charge is 0.325 e. The number of hydrogen-bond acceptors (Lipinski definition) is 6. The number of fused-ring (bicyclic) bond motifs is 1. The number of nitrogens with one attached hydrogen (secondary N) is 2. The lowest BCUT2D eigenvalue weighted by Gasteiger charge is -2.10. The number of halogens is 1. The molecule has 0 saturated carbocycles. The molecule has 0 saturated heterocycles. The van der Waals surface area contributed by atoms with Crippen LogP contribution in [0.4, 0.5) is 5.69 Å². The Balaban J connectivity index is 1.50. The molecule has 0 bridgehead atoms. The van der Waals surface area contributed by atoms with Gasteiger partial charge in [-0.25, -0.2) is 4.98 Å². The second kappa shape index (κ2) is 7.69. The predicted molar refractivity (Wildman–Crippen MR) is 107 cm³/mol. The highest BCUT2D eigenvalue weighted by molar-refractivity contribution is 9.10. The molecule has 2 heterocycles. The second-order valence-corrected chi connectivity index (χ2v) is 6.90. The molecule has 0 aliphatic carbocycles. The maximum Gasteiger partial charge on any atom is 0.261 e. The average molecular weight is 440 g/mol. The number of para-hydroxylation sites is 1. The topological polar surface area (TPSA) is 118 Å². The summed E-state index contributed by atoms with van der Waals surface area (Å²) in [4.78, 5) is 29.2. The fourth-order valence-corrected chi connectivity index (χ4v) is 3.15. The Bertz CT molecular complexity index is 1200. The summed E-state index contributed by atoms with van der Waals surface area (Å²) in [5.41, 5.74) is 1.64. The predicted octanol–water partition coefficient (Wildman–Crippen LogP) is 2.37. The summed E-state index contributed by atoms with van der Waals surface area (Å²) in [5.74, 6) is 0.124. The van der Waals surface area contributed by atoms with Gasteiger partial charge in [0.1, 0.15) is 0 Å². The molecule has 4 rings (SSSR count). The van der Waals surface area contributed by atoms with Crippen LogP contribution in [0.5, 0.6) is 0 Å². The van der Waals surface area contributed by atoms with Crippen molar-refractivity contribution < 1.29 is 4.79 Å². The molecule has 2 aromatic heterocycles. The molecular weight excluding hydrogens is 426 g/mol. The number of aromatic amines is 1. The minimum Gasteiger partial charge on any atom is -0.325 e. The van der Waals surface area contributed by atoms with Gasteiger partial charge in [0.2, 0.25) is 11.7 Å². The number of amides is 1. The van der Waals surface area contributed by atoms with E-state index in [-0.39, 0.29) is 24.4 Å². The highest BCUT2D eigenvalue weighted by Crippen LogP contribution is 2.28. The molecular formula is C18H14BrN7O2. The lowest BCUT2D eigenvalue weighted by atomic mass is 10.1. The molecule has 9 nitrogen and oxygen atoms in total. The first-order valence-electron chi connectivity index (χ1n) is 8.39. The zero-order chi connectivity index (χ0) is 19.5. The normalized spacial score (nSPS) is 10.9. The summed E-state index contributed by atoms with van der Waals surface area (Å²) >= 11 is 3.39. The van der Waals surface area contributed by atoms with Crippen LogP contribution in [-0.4, -0.2) is 36.1 Å². The highest BCUT2D eigenvalue weighted by atomic mass is 79.9. The van der Waals surface area contributed by atoms with Gasteiger partial charge in [-0.15, -0.1) is 10.2 Å². The van der Waals surface area contributed by atoms with E-state index in [0.29, 0.717) is 28.0 Å². The van der Waals surface area contributed by atoms with E-state index in [0.717, 1.165) is 4.47 Å². The van der Waals surface area contributed by atoms with E-state index >= 15 is 0 Å². The molecule has 0 aliphatic heterocycles. The van der Waals surface area contributed by atoms with Gasteiger partial charge >= 0.3 is 0 Å².